The van der Waals surface area contributed by atoms with Crippen molar-refractivity contribution >= 4 is 0 Å². The third-order valence-corrected chi connectivity index (χ3v) is 5.24. The Morgan fingerprint density at radius 3 is 1.20 bits per heavy atom. The second-order valence-corrected chi connectivity index (χ2v) is 8.01. The molecule has 6 rings (SSSR count). The van der Waals surface area contributed by atoms with Crippen molar-refractivity contribution in [3.8, 4) is 33.8 Å². The first-order valence-electron chi connectivity index (χ1n) is 12.0. The van der Waals surface area contributed by atoms with Crippen molar-refractivity contribution in [2.75, 3.05) is 0 Å². The summed E-state index contributed by atoms with van der Waals surface area (Å²) in [5.74, 6) is -3.57. The summed E-state index contributed by atoms with van der Waals surface area (Å²) in [7, 11) is 0. The number of rotatable bonds is 3. The van der Waals surface area contributed by atoms with Gasteiger partial charge in [-0.25, -0.2) is 8.78 Å². The summed E-state index contributed by atoms with van der Waals surface area (Å²) in [6, 6.07) is 36.6. The van der Waals surface area contributed by atoms with E-state index in [1.165, 1.54) is 0 Å². The van der Waals surface area contributed by atoms with Gasteiger partial charge in [0, 0.05) is 18.6 Å². The summed E-state index contributed by atoms with van der Waals surface area (Å²) in [6.07, 6.45) is 4.96. The third kappa shape index (κ3) is 9.28. The van der Waals surface area contributed by atoms with Gasteiger partial charge in [-0.3, -0.25) is 8.78 Å². The van der Waals surface area contributed by atoms with Gasteiger partial charge in [-0.05, 0) is 35.3 Å². The fraction of sp³-hybridized carbons (Fsp3) is 0. The van der Waals surface area contributed by atoms with E-state index in [-0.39, 0.29) is 20.1 Å². The van der Waals surface area contributed by atoms with Crippen LogP contribution in [0, 0.1) is 41.5 Å². The van der Waals surface area contributed by atoms with Gasteiger partial charge in [0.25, 0.3) is 0 Å². The van der Waals surface area contributed by atoms with Crippen molar-refractivity contribution in [3.05, 3.63) is 163 Å². The summed E-state index contributed by atoms with van der Waals surface area (Å²) in [6.45, 7) is 0. The average molecular weight is 727 g/mol. The van der Waals surface area contributed by atoms with Crippen LogP contribution in [0.25, 0.3) is 33.8 Å². The zero-order valence-electron chi connectivity index (χ0n) is 21.2. The maximum atomic E-state index is 12.8. The van der Waals surface area contributed by atoms with Crippen molar-refractivity contribution < 1.29 is 37.7 Å². The van der Waals surface area contributed by atoms with Gasteiger partial charge in [0.05, 0.1) is 23.3 Å². The van der Waals surface area contributed by atoms with Gasteiger partial charge in [-0.2, -0.15) is 0 Å². The number of hydrogen-bond acceptors (Lipinski definition) is 3. The number of nitrogens with zero attached hydrogens (tertiary/aromatic N) is 3. The summed E-state index contributed by atoms with van der Waals surface area (Å²) in [5, 5.41) is 0. The topological polar surface area (TPSA) is 38.7 Å². The van der Waals surface area contributed by atoms with E-state index in [0.29, 0.717) is 22.5 Å². The molecule has 3 heterocycles. The average Bonchev–Trinajstić information content (AvgIpc) is 3.02. The molecule has 204 valence electrons. The van der Waals surface area contributed by atoms with Crippen LogP contribution in [0.3, 0.4) is 0 Å². The predicted molar refractivity (Wildman–Crippen MR) is 145 cm³/mol. The Bertz CT molecular complexity index is 1500. The molecule has 41 heavy (non-hydrogen) atoms. The van der Waals surface area contributed by atoms with Crippen molar-refractivity contribution in [3.63, 3.8) is 0 Å². The van der Waals surface area contributed by atoms with Crippen molar-refractivity contribution in [1.82, 2.24) is 15.0 Å². The van der Waals surface area contributed by atoms with E-state index >= 15 is 0 Å². The first kappa shape index (κ1) is 31.0. The Balaban J connectivity index is 0.000000168. The maximum Gasteiger partial charge on any atom is 3.00 e. The minimum Gasteiger partial charge on any atom is -0.305 e. The second-order valence-electron chi connectivity index (χ2n) is 8.01. The summed E-state index contributed by atoms with van der Waals surface area (Å²) < 4.78 is 50.9. The summed E-state index contributed by atoms with van der Waals surface area (Å²) in [4.78, 5) is 12.2. The Morgan fingerprint density at radius 2 is 0.854 bits per heavy atom. The van der Waals surface area contributed by atoms with Crippen LogP contribution in [0.4, 0.5) is 17.6 Å². The monoisotopic (exact) mass is 727 g/mol. The molecular weight excluding hydrogens is 707 g/mol. The predicted octanol–water partition coefficient (Wildman–Crippen LogP) is 8.20. The van der Waals surface area contributed by atoms with E-state index in [1.54, 1.807) is 55.0 Å². The fourth-order valence-electron chi connectivity index (χ4n) is 3.31. The molecule has 0 bridgehead atoms. The van der Waals surface area contributed by atoms with Crippen LogP contribution in [-0.4, -0.2) is 15.0 Å². The molecule has 8 heteroatoms. The molecule has 0 fully saturated rings. The Kier molecular flexibility index (Phi) is 12.0. The van der Waals surface area contributed by atoms with Crippen molar-refractivity contribution in [2.45, 2.75) is 0 Å². The van der Waals surface area contributed by atoms with Crippen molar-refractivity contribution in [1.29, 1.82) is 0 Å². The zero-order chi connectivity index (χ0) is 28.2. The molecular formula is C33H20F4IrN3. The molecule has 3 aromatic carbocycles. The van der Waals surface area contributed by atoms with Crippen LogP contribution in [0.2, 0.25) is 0 Å². The van der Waals surface area contributed by atoms with Gasteiger partial charge in [0.2, 0.25) is 0 Å². The second kappa shape index (κ2) is 15.9. The van der Waals surface area contributed by atoms with Crippen LogP contribution in [0.15, 0.2) is 122 Å². The molecule has 0 saturated carbocycles. The molecule has 0 amide bonds. The van der Waals surface area contributed by atoms with E-state index in [0.717, 1.165) is 35.5 Å². The van der Waals surface area contributed by atoms with Crippen molar-refractivity contribution in [2.24, 2.45) is 0 Å². The minimum atomic E-state index is -0.898. The van der Waals surface area contributed by atoms with Gasteiger partial charge in [0.15, 0.2) is 0 Å². The van der Waals surface area contributed by atoms with E-state index in [4.69, 9.17) is 0 Å². The molecule has 0 spiro atoms. The first-order valence-corrected chi connectivity index (χ1v) is 12.0. The van der Waals surface area contributed by atoms with Crippen LogP contribution < -0.4 is 0 Å². The fourth-order valence-corrected chi connectivity index (χ4v) is 3.31. The largest absolute Gasteiger partial charge is 3.00 e. The number of benzene rings is 3. The first-order chi connectivity index (χ1) is 19.5. The molecule has 0 atom stereocenters. The molecule has 3 aromatic heterocycles. The SMILES string of the molecule is Fc1c[c-]c(-c2ccccn2)cc1F.Fc1c[c-]c(-c2ccccn2)cc1F.[Ir+3].[c-]1ccccc1-c1ccccn1. The van der Waals surface area contributed by atoms with Gasteiger partial charge in [0.1, 0.15) is 0 Å². The molecule has 0 saturated heterocycles. The smallest absolute Gasteiger partial charge is 0.305 e. The van der Waals surface area contributed by atoms with Gasteiger partial charge >= 0.3 is 20.1 Å². The van der Waals surface area contributed by atoms with E-state index in [1.807, 2.05) is 42.5 Å². The molecule has 0 N–H and O–H groups in total. The molecule has 0 unspecified atom stereocenters. The van der Waals surface area contributed by atoms with Crippen LogP contribution in [0.5, 0.6) is 0 Å². The summed E-state index contributed by atoms with van der Waals surface area (Å²) in [5.41, 5.74) is 4.06. The molecule has 6 aromatic rings. The molecule has 0 aliphatic heterocycles. The number of aromatic nitrogens is 3. The number of hydrogen-bond donors (Lipinski definition) is 0. The third-order valence-electron chi connectivity index (χ3n) is 5.24. The van der Waals surface area contributed by atoms with Gasteiger partial charge in [-0.15, -0.1) is 83.4 Å². The van der Waals surface area contributed by atoms with E-state index < -0.39 is 23.3 Å². The zero-order valence-corrected chi connectivity index (χ0v) is 23.6. The normalized spacial score (nSPS) is 9.76. The van der Waals surface area contributed by atoms with Gasteiger partial charge < -0.3 is 15.0 Å². The van der Waals surface area contributed by atoms with Crippen LogP contribution in [-0.2, 0) is 20.1 Å². The number of halogens is 4. The summed E-state index contributed by atoms with van der Waals surface area (Å²) >= 11 is 0. The number of pyridine rings is 3. The Labute approximate surface area is 249 Å². The Morgan fingerprint density at radius 1 is 0.439 bits per heavy atom. The maximum absolute atomic E-state index is 12.8. The molecule has 0 aliphatic rings. The van der Waals surface area contributed by atoms with E-state index in [9.17, 15) is 17.6 Å². The molecule has 0 radical (unpaired) electrons. The minimum absolute atomic E-state index is 0. The van der Waals surface area contributed by atoms with Crippen LogP contribution >= 0.6 is 0 Å². The standard InChI is InChI=1S/2C11H6F2N.C11H8N.Ir/c2*12-9-5-4-8(7-10(9)13)11-3-1-2-6-14-11;1-2-6-10(7-3-1)11-8-4-5-9-12-11;/h2*1-3,5-7H;1-6,8-9H;/q3*-1;+3. The molecule has 3 nitrogen and oxygen atoms in total. The quantitative estimate of drug-likeness (QED) is 0.136. The van der Waals surface area contributed by atoms with Crippen LogP contribution in [0.1, 0.15) is 0 Å². The van der Waals surface area contributed by atoms with E-state index in [2.05, 4.69) is 33.2 Å². The van der Waals surface area contributed by atoms with Gasteiger partial charge in [-0.1, -0.05) is 36.4 Å². The Hall–Kier alpha value is -4.52. The molecule has 0 aliphatic carbocycles.